The van der Waals surface area contributed by atoms with Gasteiger partial charge in [-0.05, 0) is 53.8 Å². The van der Waals surface area contributed by atoms with Gasteiger partial charge in [0, 0.05) is 23.1 Å². The van der Waals surface area contributed by atoms with E-state index in [0.29, 0.717) is 40.7 Å². The largest absolute Gasteiger partial charge is 0.493 e. The van der Waals surface area contributed by atoms with Crippen LogP contribution < -0.4 is 29.7 Å². The summed E-state index contributed by atoms with van der Waals surface area (Å²) in [7, 11) is 4.57. The molecule has 4 rings (SSSR count). The maximum absolute atomic E-state index is 12.9. The van der Waals surface area contributed by atoms with Crippen LogP contribution in [-0.4, -0.2) is 27.2 Å². The summed E-state index contributed by atoms with van der Waals surface area (Å²) in [5, 5.41) is 3.58. The smallest absolute Gasteiger partial charge is 0.220 e. The number of benzene rings is 2. The summed E-state index contributed by atoms with van der Waals surface area (Å²) < 4.78 is 23.1. The molecule has 7 nitrogen and oxygen atoms in total. The highest BCUT2D eigenvalue weighted by Gasteiger charge is 2.30. The van der Waals surface area contributed by atoms with Gasteiger partial charge in [-0.2, -0.15) is 0 Å². The van der Waals surface area contributed by atoms with Gasteiger partial charge in [-0.15, -0.1) is 0 Å². The molecular weight excluding hydrogens is 482 g/mol. The van der Waals surface area contributed by atoms with E-state index in [9.17, 15) is 9.59 Å². The van der Waals surface area contributed by atoms with Crippen molar-refractivity contribution in [2.75, 3.05) is 21.3 Å². The number of aryl methyl sites for hydroxylation is 1. The molecule has 1 unspecified atom stereocenters. The molecule has 3 aromatic rings. The molecule has 188 valence electrons. The van der Waals surface area contributed by atoms with Crippen molar-refractivity contribution in [3.63, 3.8) is 0 Å². The van der Waals surface area contributed by atoms with E-state index < -0.39 is 0 Å². The van der Waals surface area contributed by atoms with Crippen LogP contribution in [0.3, 0.4) is 0 Å². The van der Waals surface area contributed by atoms with Crippen LogP contribution in [0.1, 0.15) is 36.1 Å². The first-order chi connectivity index (χ1) is 17.4. The molecule has 3 aromatic carbocycles. The predicted molar refractivity (Wildman–Crippen MR) is 138 cm³/mol. The first-order valence-corrected chi connectivity index (χ1v) is 11.9. The molecule has 1 N–H and O–H groups in total. The quantitative estimate of drug-likeness (QED) is 0.477. The summed E-state index contributed by atoms with van der Waals surface area (Å²) in [6, 6.07) is 14.0. The van der Waals surface area contributed by atoms with Gasteiger partial charge in [0.25, 0.3) is 0 Å². The Labute approximate surface area is 214 Å². The van der Waals surface area contributed by atoms with Gasteiger partial charge in [0.05, 0.1) is 27.4 Å². The lowest BCUT2D eigenvalue weighted by atomic mass is 9.95. The Morgan fingerprint density at radius 2 is 1.75 bits per heavy atom. The fraction of sp³-hybridized carbons (Fsp3) is 0.286. The van der Waals surface area contributed by atoms with Gasteiger partial charge in [0.15, 0.2) is 17.2 Å². The van der Waals surface area contributed by atoms with E-state index in [0.717, 1.165) is 22.3 Å². The van der Waals surface area contributed by atoms with E-state index in [1.165, 1.54) is 20.1 Å². The Bertz CT molecular complexity index is 1360. The molecule has 0 radical (unpaired) electrons. The first kappa shape index (κ1) is 25.4. The van der Waals surface area contributed by atoms with Gasteiger partial charge in [-0.1, -0.05) is 35.9 Å². The first-order valence-electron chi connectivity index (χ1n) is 11.5. The molecule has 0 heterocycles. The van der Waals surface area contributed by atoms with E-state index in [-0.39, 0.29) is 29.7 Å². The molecular formula is C28H28ClNO6. The third-order valence-corrected chi connectivity index (χ3v) is 6.59. The second-order valence-electron chi connectivity index (χ2n) is 8.43. The Kier molecular flexibility index (Phi) is 7.70. The van der Waals surface area contributed by atoms with Crippen LogP contribution in [-0.2, 0) is 17.8 Å². The molecule has 0 saturated heterocycles. The van der Waals surface area contributed by atoms with Crippen LogP contribution in [0.5, 0.6) is 23.0 Å². The van der Waals surface area contributed by atoms with Gasteiger partial charge in [-0.3, -0.25) is 9.59 Å². The van der Waals surface area contributed by atoms with Crippen LogP contribution in [0.2, 0.25) is 5.02 Å². The van der Waals surface area contributed by atoms with Crippen LogP contribution in [0, 0.1) is 0 Å². The predicted octanol–water partition coefficient (Wildman–Crippen LogP) is 5.10. The third kappa shape index (κ3) is 4.97. The van der Waals surface area contributed by atoms with Crippen molar-refractivity contribution < 1.29 is 23.7 Å². The lowest BCUT2D eigenvalue weighted by Gasteiger charge is -2.21. The van der Waals surface area contributed by atoms with Crippen LogP contribution >= 0.6 is 11.6 Å². The minimum atomic E-state index is -0.386. The zero-order chi connectivity index (χ0) is 25.8. The third-order valence-electron chi connectivity index (χ3n) is 6.22. The second-order valence-corrected chi connectivity index (χ2v) is 8.83. The molecule has 36 heavy (non-hydrogen) atoms. The van der Waals surface area contributed by atoms with Gasteiger partial charge in [0.2, 0.25) is 17.1 Å². The Hall–Kier alpha value is -3.71. The monoisotopic (exact) mass is 509 g/mol. The number of carbonyl (C=O) groups is 1. The average Bonchev–Trinajstić information content (AvgIpc) is 3.11. The number of hydrogen-bond acceptors (Lipinski definition) is 6. The number of ether oxygens (including phenoxy) is 4. The minimum absolute atomic E-state index is 0.187. The highest BCUT2D eigenvalue weighted by molar-refractivity contribution is 6.31. The minimum Gasteiger partial charge on any atom is -0.493 e. The molecule has 1 aliphatic rings. The van der Waals surface area contributed by atoms with Crippen molar-refractivity contribution in [2.24, 2.45) is 0 Å². The molecule has 0 fully saturated rings. The van der Waals surface area contributed by atoms with Crippen LogP contribution in [0.4, 0.5) is 0 Å². The molecule has 1 amide bonds. The van der Waals surface area contributed by atoms with E-state index in [1.54, 1.807) is 26.4 Å². The van der Waals surface area contributed by atoms with E-state index in [2.05, 4.69) is 5.32 Å². The second kappa shape index (κ2) is 10.9. The van der Waals surface area contributed by atoms with Gasteiger partial charge < -0.3 is 24.3 Å². The van der Waals surface area contributed by atoms with E-state index >= 15 is 0 Å². The number of nitrogens with one attached hydrogen (secondary N) is 1. The Morgan fingerprint density at radius 1 is 1.00 bits per heavy atom. The normalized spacial score (nSPS) is 14.1. The standard InChI is InChI=1S/C28H28ClNO6/c1-16(31)30-22-11-9-17-13-25(34-3)27(35-4)28(36-15-18-7-5-6-8-21(18)29)26(17)19-10-12-24(33-2)23(32)14-20(19)22/h5-8,10,12-14,22H,9,11,15H2,1-4H3,(H,30,31). The summed E-state index contributed by atoms with van der Waals surface area (Å²) >= 11 is 6.38. The molecule has 0 aliphatic heterocycles. The lowest BCUT2D eigenvalue weighted by molar-refractivity contribution is -0.119. The molecule has 1 atom stereocenters. The van der Waals surface area contributed by atoms with E-state index in [1.807, 2.05) is 30.3 Å². The fourth-order valence-corrected chi connectivity index (χ4v) is 4.76. The molecule has 0 aromatic heterocycles. The topological polar surface area (TPSA) is 83.1 Å². The number of hydrogen-bond donors (Lipinski definition) is 1. The Balaban J connectivity index is 1.99. The van der Waals surface area contributed by atoms with Crippen LogP contribution in [0.25, 0.3) is 11.1 Å². The Morgan fingerprint density at radius 3 is 2.42 bits per heavy atom. The average molecular weight is 510 g/mol. The summed E-state index contributed by atoms with van der Waals surface area (Å²) in [5.41, 5.74) is 3.64. The summed E-state index contributed by atoms with van der Waals surface area (Å²) in [4.78, 5) is 25.0. The van der Waals surface area contributed by atoms with Crippen molar-refractivity contribution in [1.29, 1.82) is 0 Å². The van der Waals surface area contributed by atoms with Crippen molar-refractivity contribution in [2.45, 2.75) is 32.4 Å². The molecule has 0 bridgehead atoms. The van der Waals surface area contributed by atoms with Crippen molar-refractivity contribution >= 4 is 17.5 Å². The van der Waals surface area contributed by atoms with Gasteiger partial charge in [0.1, 0.15) is 6.61 Å². The lowest BCUT2D eigenvalue weighted by Crippen LogP contribution is -2.26. The van der Waals surface area contributed by atoms with Crippen LogP contribution in [0.15, 0.2) is 53.3 Å². The SMILES string of the molecule is COc1cc2c(c(OCc3ccccc3Cl)c1OC)-c1ccc(OC)c(=O)cc1C(NC(C)=O)CC2. The molecule has 1 aliphatic carbocycles. The number of methoxy groups -OCH3 is 3. The number of fused-ring (bicyclic) bond motifs is 3. The van der Waals surface area contributed by atoms with Crippen molar-refractivity contribution in [1.82, 2.24) is 5.32 Å². The highest BCUT2D eigenvalue weighted by atomic mass is 35.5. The summed E-state index contributed by atoms with van der Waals surface area (Å²) in [5.74, 6) is 1.42. The number of amides is 1. The number of carbonyl (C=O) groups excluding carboxylic acids is 1. The van der Waals surface area contributed by atoms with E-state index in [4.69, 9.17) is 30.5 Å². The maximum atomic E-state index is 12.9. The maximum Gasteiger partial charge on any atom is 0.220 e. The van der Waals surface area contributed by atoms with Crippen molar-refractivity contribution in [3.05, 3.63) is 80.5 Å². The molecule has 8 heteroatoms. The zero-order valence-corrected chi connectivity index (χ0v) is 21.4. The summed E-state index contributed by atoms with van der Waals surface area (Å²) in [6.45, 7) is 1.65. The zero-order valence-electron chi connectivity index (χ0n) is 20.6. The van der Waals surface area contributed by atoms with Gasteiger partial charge >= 0.3 is 0 Å². The highest BCUT2D eigenvalue weighted by Crippen LogP contribution is 2.50. The summed E-state index contributed by atoms with van der Waals surface area (Å²) in [6.07, 6.45) is 1.18. The van der Waals surface area contributed by atoms with Gasteiger partial charge in [-0.25, -0.2) is 0 Å². The fourth-order valence-electron chi connectivity index (χ4n) is 4.57. The molecule has 0 spiro atoms. The number of halogens is 1. The molecule has 0 saturated carbocycles. The number of rotatable bonds is 7. The van der Waals surface area contributed by atoms with Crippen molar-refractivity contribution in [3.8, 4) is 34.1 Å².